The largest absolute Gasteiger partial charge is 0.357 e. The Morgan fingerprint density at radius 2 is 2.12 bits per heavy atom. The molecule has 0 aliphatic heterocycles. The molecule has 0 fully saturated rings. The monoisotopic (exact) mass is 325 g/mol. The SMILES string of the molecule is C=CCCCN(C)C(=NCc1ccn(-c2ccccc2)n1)NCC. The summed E-state index contributed by atoms with van der Waals surface area (Å²) in [5.41, 5.74) is 2.01. The summed E-state index contributed by atoms with van der Waals surface area (Å²) in [6, 6.07) is 12.1. The molecule has 0 spiro atoms. The second kappa shape index (κ2) is 9.55. The second-order valence-corrected chi connectivity index (χ2v) is 5.61. The van der Waals surface area contributed by atoms with Crippen LogP contribution in [-0.2, 0) is 6.54 Å². The van der Waals surface area contributed by atoms with Gasteiger partial charge in [0.1, 0.15) is 0 Å². The van der Waals surface area contributed by atoms with Crippen molar-refractivity contribution in [2.75, 3.05) is 20.1 Å². The van der Waals surface area contributed by atoms with Crippen LogP contribution in [0, 0.1) is 0 Å². The minimum atomic E-state index is 0.563. The predicted octanol–water partition coefficient (Wildman–Crippen LogP) is 3.24. The summed E-state index contributed by atoms with van der Waals surface area (Å²) >= 11 is 0. The average molecular weight is 325 g/mol. The van der Waals surface area contributed by atoms with Gasteiger partial charge in [0.05, 0.1) is 17.9 Å². The van der Waals surface area contributed by atoms with Gasteiger partial charge in [0.25, 0.3) is 0 Å². The summed E-state index contributed by atoms with van der Waals surface area (Å²) < 4.78 is 1.88. The van der Waals surface area contributed by atoms with Crippen LogP contribution in [0.2, 0.25) is 0 Å². The minimum absolute atomic E-state index is 0.563. The smallest absolute Gasteiger partial charge is 0.194 e. The van der Waals surface area contributed by atoms with Crippen molar-refractivity contribution in [1.82, 2.24) is 20.0 Å². The zero-order chi connectivity index (χ0) is 17.2. The van der Waals surface area contributed by atoms with Gasteiger partial charge in [-0.05, 0) is 38.0 Å². The predicted molar refractivity (Wildman–Crippen MR) is 100 cm³/mol. The molecule has 0 atom stereocenters. The number of rotatable bonds is 8. The number of para-hydroxylation sites is 1. The zero-order valence-corrected chi connectivity index (χ0v) is 14.7. The first-order valence-electron chi connectivity index (χ1n) is 8.45. The van der Waals surface area contributed by atoms with Gasteiger partial charge in [0.2, 0.25) is 0 Å². The van der Waals surface area contributed by atoms with Crippen molar-refractivity contribution in [3.8, 4) is 5.69 Å². The first-order valence-corrected chi connectivity index (χ1v) is 8.45. The number of unbranched alkanes of at least 4 members (excludes halogenated alkanes) is 1. The Hall–Kier alpha value is -2.56. The molecular weight excluding hydrogens is 298 g/mol. The minimum Gasteiger partial charge on any atom is -0.357 e. The molecule has 5 nitrogen and oxygen atoms in total. The van der Waals surface area contributed by atoms with Gasteiger partial charge < -0.3 is 10.2 Å². The lowest BCUT2D eigenvalue weighted by Gasteiger charge is -2.21. The van der Waals surface area contributed by atoms with Crippen molar-refractivity contribution in [3.63, 3.8) is 0 Å². The van der Waals surface area contributed by atoms with Crippen molar-refractivity contribution in [2.45, 2.75) is 26.3 Å². The van der Waals surface area contributed by atoms with Crippen LogP contribution < -0.4 is 5.32 Å². The Kier molecular flexibility index (Phi) is 7.08. The maximum atomic E-state index is 4.70. The van der Waals surface area contributed by atoms with Crippen LogP contribution in [0.25, 0.3) is 5.69 Å². The lowest BCUT2D eigenvalue weighted by molar-refractivity contribution is 0.470. The first-order chi connectivity index (χ1) is 11.7. The third kappa shape index (κ3) is 5.26. The summed E-state index contributed by atoms with van der Waals surface area (Å²) in [7, 11) is 2.06. The summed E-state index contributed by atoms with van der Waals surface area (Å²) in [6.07, 6.45) is 6.02. The van der Waals surface area contributed by atoms with Gasteiger partial charge in [0.15, 0.2) is 5.96 Å². The maximum Gasteiger partial charge on any atom is 0.194 e. The fourth-order valence-corrected chi connectivity index (χ4v) is 2.37. The lowest BCUT2D eigenvalue weighted by atomic mass is 10.3. The first kappa shape index (κ1) is 17.8. The molecule has 1 N–H and O–H groups in total. The standard InChI is InChI=1S/C19H27N5/c1-4-6-10-14-23(3)19(20-5-2)21-16-17-13-15-24(22-17)18-11-8-7-9-12-18/h4,7-9,11-13,15H,1,5-6,10,14,16H2,2-3H3,(H,20,21). The molecule has 0 saturated carbocycles. The van der Waals surface area contributed by atoms with Crippen molar-refractivity contribution >= 4 is 5.96 Å². The van der Waals surface area contributed by atoms with E-state index in [-0.39, 0.29) is 0 Å². The molecule has 128 valence electrons. The fraction of sp³-hybridized carbons (Fsp3) is 0.368. The molecule has 0 aliphatic rings. The van der Waals surface area contributed by atoms with E-state index in [9.17, 15) is 0 Å². The molecule has 1 heterocycles. The second-order valence-electron chi connectivity index (χ2n) is 5.61. The zero-order valence-electron chi connectivity index (χ0n) is 14.7. The highest BCUT2D eigenvalue weighted by molar-refractivity contribution is 5.79. The molecule has 0 saturated heterocycles. The summed E-state index contributed by atoms with van der Waals surface area (Å²) in [6.45, 7) is 8.22. The van der Waals surface area contributed by atoms with Gasteiger partial charge >= 0.3 is 0 Å². The van der Waals surface area contributed by atoms with Gasteiger partial charge in [-0.3, -0.25) is 0 Å². The lowest BCUT2D eigenvalue weighted by Crippen LogP contribution is -2.39. The van der Waals surface area contributed by atoms with Gasteiger partial charge in [-0.15, -0.1) is 6.58 Å². The summed E-state index contributed by atoms with van der Waals surface area (Å²) in [5.74, 6) is 0.913. The molecule has 2 aromatic rings. The highest BCUT2D eigenvalue weighted by atomic mass is 15.3. The number of allylic oxidation sites excluding steroid dienone is 1. The third-order valence-corrected chi connectivity index (χ3v) is 3.65. The van der Waals surface area contributed by atoms with Crippen LogP contribution in [-0.4, -0.2) is 40.8 Å². The van der Waals surface area contributed by atoms with E-state index in [1.54, 1.807) is 0 Å². The van der Waals surface area contributed by atoms with Gasteiger partial charge in [-0.2, -0.15) is 5.10 Å². The van der Waals surface area contributed by atoms with Crippen LogP contribution in [0.15, 0.2) is 60.2 Å². The number of hydrogen-bond acceptors (Lipinski definition) is 2. The summed E-state index contributed by atoms with van der Waals surface area (Å²) in [4.78, 5) is 6.85. The van der Waals surface area contributed by atoms with E-state index in [2.05, 4.69) is 35.9 Å². The Morgan fingerprint density at radius 1 is 1.33 bits per heavy atom. The maximum absolute atomic E-state index is 4.70. The molecule has 0 amide bonds. The number of aromatic nitrogens is 2. The molecule has 0 bridgehead atoms. The van der Waals surface area contributed by atoms with E-state index >= 15 is 0 Å². The van der Waals surface area contributed by atoms with E-state index in [1.165, 1.54) is 0 Å². The van der Waals surface area contributed by atoms with Gasteiger partial charge in [-0.1, -0.05) is 24.3 Å². The molecular formula is C19H27N5. The Labute approximate surface area is 144 Å². The number of aliphatic imine (C=N–C) groups is 1. The van der Waals surface area contributed by atoms with E-state index < -0.39 is 0 Å². The number of benzene rings is 1. The van der Waals surface area contributed by atoms with Crippen LogP contribution in [0.1, 0.15) is 25.5 Å². The molecule has 2 rings (SSSR count). The molecule has 0 radical (unpaired) electrons. The van der Waals surface area contributed by atoms with Crippen LogP contribution in [0.4, 0.5) is 0 Å². The third-order valence-electron chi connectivity index (χ3n) is 3.65. The van der Waals surface area contributed by atoms with E-state index in [0.717, 1.165) is 43.3 Å². The number of guanidine groups is 1. The van der Waals surface area contributed by atoms with Gasteiger partial charge in [0, 0.05) is 26.3 Å². The van der Waals surface area contributed by atoms with Crippen molar-refractivity contribution < 1.29 is 0 Å². The van der Waals surface area contributed by atoms with Crippen molar-refractivity contribution in [1.29, 1.82) is 0 Å². The Bertz CT molecular complexity index is 645. The summed E-state index contributed by atoms with van der Waals surface area (Å²) in [5, 5.41) is 7.93. The number of nitrogens with zero attached hydrogens (tertiary/aromatic N) is 4. The van der Waals surface area contributed by atoms with Crippen LogP contribution >= 0.6 is 0 Å². The van der Waals surface area contributed by atoms with Crippen molar-refractivity contribution in [2.24, 2.45) is 4.99 Å². The molecule has 1 aromatic heterocycles. The quantitative estimate of drug-likeness (QED) is 0.351. The van der Waals surface area contributed by atoms with E-state index in [1.807, 2.05) is 53.4 Å². The number of nitrogens with one attached hydrogen (secondary N) is 1. The average Bonchev–Trinajstić information content (AvgIpc) is 3.08. The molecule has 1 aromatic carbocycles. The highest BCUT2D eigenvalue weighted by Gasteiger charge is 2.06. The van der Waals surface area contributed by atoms with E-state index in [0.29, 0.717) is 6.54 Å². The highest BCUT2D eigenvalue weighted by Crippen LogP contribution is 2.07. The molecule has 0 aliphatic carbocycles. The van der Waals surface area contributed by atoms with Crippen LogP contribution in [0.5, 0.6) is 0 Å². The number of hydrogen-bond donors (Lipinski definition) is 1. The molecule has 0 unspecified atom stereocenters. The normalized spacial score (nSPS) is 11.3. The fourth-order valence-electron chi connectivity index (χ4n) is 2.37. The van der Waals surface area contributed by atoms with Crippen molar-refractivity contribution in [3.05, 3.63) is 60.9 Å². The molecule has 24 heavy (non-hydrogen) atoms. The van der Waals surface area contributed by atoms with Gasteiger partial charge in [-0.25, -0.2) is 9.67 Å². The Balaban J connectivity index is 2.00. The molecule has 5 heteroatoms. The van der Waals surface area contributed by atoms with E-state index in [4.69, 9.17) is 4.99 Å². The van der Waals surface area contributed by atoms with Crippen LogP contribution in [0.3, 0.4) is 0 Å². The Morgan fingerprint density at radius 3 is 2.83 bits per heavy atom. The topological polar surface area (TPSA) is 45.5 Å².